The minimum Gasteiger partial charge on any atom is -0.494 e. The van der Waals surface area contributed by atoms with Crippen LogP contribution in [0.3, 0.4) is 0 Å². The molecule has 1 aromatic heterocycles. The number of ether oxygens (including phenoxy) is 1. The highest BCUT2D eigenvalue weighted by Gasteiger charge is 2.12. The van der Waals surface area contributed by atoms with E-state index in [9.17, 15) is 9.59 Å². The van der Waals surface area contributed by atoms with E-state index in [0.717, 1.165) is 11.4 Å². The van der Waals surface area contributed by atoms with Crippen LogP contribution in [0.15, 0.2) is 24.4 Å². The van der Waals surface area contributed by atoms with Crippen LogP contribution in [0.1, 0.15) is 28.5 Å². The number of methoxy groups -OCH3 is 1. The van der Waals surface area contributed by atoms with Gasteiger partial charge in [-0.2, -0.15) is 0 Å². The molecule has 116 valence electrons. The van der Waals surface area contributed by atoms with Gasteiger partial charge in [0.05, 0.1) is 24.0 Å². The van der Waals surface area contributed by atoms with Crippen LogP contribution in [0.5, 0.6) is 5.75 Å². The second-order valence-corrected chi connectivity index (χ2v) is 5.64. The number of aryl methyl sites for hydroxylation is 1. The molecular formula is C15H17N3O3S. The fourth-order valence-corrected chi connectivity index (χ4v) is 2.59. The molecule has 0 unspecified atom stereocenters. The van der Waals surface area contributed by atoms with Crippen LogP contribution in [0.4, 0.5) is 11.4 Å². The van der Waals surface area contributed by atoms with Gasteiger partial charge in [0, 0.05) is 18.7 Å². The van der Waals surface area contributed by atoms with Crippen molar-refractivity contribution in [2.24, 2.45) is 0 Å². The molecule has 0 aliphatic rings. The van der Waals surface area contributed by atoms with Crippen molar-refractivity contribution in [2.45, 2.75) is 20.3 Å². The van der Waals surface area contributed by atoms with Gasteiger partial charge in [0.15, 0.2) is 0 Å². The van der Waals surface area contributed by atoms with E-state index < -0.39 is 0 Å². The van der Waals surface area contributed by atoms with Gasteiger partial charge in [-0.25, -0.2) is 4.98 Å². The van der Waals surface area contributed by atoms with Crippen LogP contribution < -0.4 is 15.4 Å². The first-order valence-corrected chi connectivity index (χ1v) is 7.56. The molecule has 0 saturated carbocycles. The lowest BCUT2D eigenvalue weighted by atomic mass is 10.2. The molecule has 0 spiro atoms. The number of nitrogens with zero attached hydrogens (tertiary/aromatic N) is 1. The molecule has 22 heavy (non-hydrogen) atoms. The van der Waals surface area contributed by atoms with Crippen molar-refractivity contribution in [3.63, 3.8) is 0 Å². The third-order valence-electron chi connectivity index (χ3n) is 2.85. The Morgan fingerprint density at radius 3 is 2.68 bits per heavy atom. The number of amides is 2. The third-order valence-corrected chi connectivity index (χ3v) is 3.99. The fraction of sp³-hybridized carbons (Fsp3) is 0.267. The average Bonchev–Trinajstić information content (AvgIpc) is 2.97. The van der Waals surface area contributed by atoms with E-state index in [4.69, 9.17) is 4.74 Å². The van der Waals surface area contributed by atoms with E-state index in [1.807, 2.05) is 6.92 Å². The number of carbonyl (C=O) groups excluding carboxylic acids is 2. The molecule has 2 aromatic rings. The van der Waals surface area contributed by atoms with E-state index in [0.29, 0.717) is 22.0 Å². The molecule has 0 fully saturated rings. The quantitative estimate of drug-likeness (QED) is 0.888. The number of benzene rings is 1. The summed E-state index contributed by atoms with van der Waals surface area (Å²) in [5, 5.41) is 6.37. The van der Waals surface area contributed by atoms with E-state index >= 15 is 0 Å². The summed E-state index contributed by atoms with van der Waals surface area (Å²) in [7, 11) is 1.50. The van der Waals surface area contributed by atoms with E-state index in [1.54, 1.807) is 24.4 Å². The van der Waals surface area contributed by atoms with Crippen molar-refractivity contribution in [1.82, 2.24) is 4.98 Å². The van der Waals surface area contributed by atoms with Crippen molar-refractivity contribution in [3.05, 3.63) is 34.3 Å². The second-order valence-electron chi connectivity index (χ2n) is 4.52. The fourth-order valence-electron chi connectivity index (χ4n) is 1.83. The molecule has 0 radical (unpaired) electrons. The highest BCUT2D eigenvalue weighted by Crippen LogP contribution is 2.28. The number of rotatable bonds is 5. The first-order valence-electron chi connectivity index (χ1n) is 6.75. The lowest BCUT2D eigenvalue weighted by Gasteiger charge is -2.11. The zero-order chi connectivity index (χ0) is 16.1. The predicted octanol–water partition coefficient (Wildman–Crippen LogP) is 2.92. The number of thiazole rings is 1. The van der Waals surface area contributed by atoms with Crippen LogP contribution in [-0.4, -0.2) is 23.9 Å². The molecule has 7 heteroatoms. The standard InChI is InChI=1S/C15H17N3O3S/c1-4-14-16-8-13(22-14)15(20)18-10-5-6-11(17-9(2)19)12(7-10)21-3/h5-8H,4H2,1-3H3,(H,17,19)(H,18,20). The number of aromatic nitrogens is 1. The molecule has 0 atom stereocenters. The van der Waals surface area contributed by atoms with Crippen molar-refractivity contribution in [2.75, 3.05) is 17.7 Å². The smallest absolute Gasteiger partial charge is 0.267 e. The summed E-state index contributed by atoms with van der Waals surface area (Å²) < 4.78 is 5.22. The zero-order valence-corrected chi connectivity index (χ0v) is 13.4. The van der Waals surface area contributed by atoms with Gasteiger partial charge >= 0.3 is 0 Å². The molecule has 2 rings (SSSR count). The van der Waals surface area contributed by atoms with Crippen molar-refractivity contribution < 1.29 is 14.3 Å². The molecule has 0 saturated heterocycles. The molecule has 0 aliphatic carbocycles. The summed E-state index contributed by atoms with van der Waals surface area (Å²) >= 11 is 1.37. The minimum atomic E-state index is -0.216. The number of nitrogens with one attached hydrogen (secondary N) is 2. The van der Waals surface area contributed by atoms with E-state index in [1.165, 1.54) is 25.4 Å². The monoisotopic (exact) mass is 319 g/mol. The van der Waals surface area contributed by atoms with Gasteiger partial charge in [0.2, 0.25) is 5.91 Å². The van der Waals surface area contributed by atoms with Crippen molar-refractivity contribution >= 4 is 34.5 Å². The zero-order valence-electron chi connectivity index (χ0n) is 12.6. The minimum absolute atomic E-state index is 0.188. The number of anilines is 2. The maximum atomic E-state index is 12.2. The predicted molar refractivity (Wildman–Crippen MR) is 86.7 cm³/mol. The molecule has 1 heterocycles. The summed E-state index contributed by atoms with van der Waals surface area (Å²) in [4.78, 5) is 28.0. The molecule has 2 amide bonds. The Labute approximate surface area is 132 Å². The second kappa shape index (κ2) is 7.04. The molecule has 0 bridgehead atoms. The number of carbonyl (C=O) groups is 2. The third kappa shape index (κ3) is 3.82. The maximum Gasteiger partial charge on any atom is 0.267 e. The van der Waals surface area contributed by atoms with Crippen molar-refractivity contribution in [3.8, 4) is 5.75 Å². The van der Waals surface area contributed by atoms with Gasteiger partial charge in [-0.05, 0) is 18.6 Å². The van der Waals surface area contributed by atoms with E-state index in [2.05, 4.69) is 15.6 Å². The van der Waals surface area contributed by atoms with Crippen molar-refractivity contribution in [1.29, 1.82) is 0 Å². The van der Waals surface area contributed by atoms with Crippen LogP contribution in [0.25, 0.3) is 0 Å². The Morgan fingerprint density at radius 1 is 1.32 bits per heavy atom. The van der Waals surface area contributed by atoms with Gasteiger partial charge < -0.3 is 15.4 Å². The summed E-state index contributed by atoms with van der Waals surface area (Å²) in [6, 6.07) is 5.04. The molecule has 1 aromatic carbocycles. The molecule has 0 aliphatic heterocycles. The van der Waals surface area contributed by atoms with Gasteiger partial charge in [0.25, 0.3) is 5.91 Å². The van der Waals surface area contributed by atoms with Gasteiger partial charge in [-0.3, -0.25) is 9.59 Å². The van der Waals surface area contributed by atoms with Gasteiger partial charge in [0.1, 0.15) is 10.6 Å². The number of hydrogen-bond acceptors (Lipinski definition) is 5. The van der Waals surface area contributed by atoms with Crippen LogP contribution in [0.2, 0.25) is 0 Å². The van der Waals surface area contributed by atoms with Crippen LogP contribution in [0, 0.1) is 0 Å². The lowest BCUT2D eigenvalue weighted by molar-refractivity contribution is -0.114. The van der Waals surface area contributed by atoms with E-state index in [-0.39, 0.29) is 11.8 Å². The Morgan fingerprint density at radius 2 is 2.09 bits per heavy atom. The summed E-state index contributed by atoms with van der Waals surface area (Å²) in [6.07, 6.45) is 2.37. The Kier molecular flexibility index (Phi) is 5.11. The largest absolute Gasteiger partial charge is 0.494 e. The summed E-state index contributed by atoms with van der Waals surface area (Å²) in [5.41, 5.74) is 1.14. The highest BCUT2D eigenvalue weighted by molar-refractivity contribution is 7.13. The summed E-state index contributed by atoms with van der Waals surface area (Å²) in [5.74, 6) is 0.0740. The van der Waals surface area contributed by atoms with Gasteiger partial charge in [-0.1, -0.05) is 6.92 Å². The number of hydrogen-bond donors (Lipinski definition) is 2. The molecular weight excluding hydrogens is 302 g/mol. The molecule has 6 nitrogen and oxygen atoms in total. The van der Waals surface area contributed by atoms with Crippen LogP contribution in [-0.2, 0) is 11.2 Å². The molecule has 2 N–H and O–H groups in total. The Bertz CT molecular complexity index is 697. The SMILES string of the molecule is CCc1ncc(C(=O)Nc2ccc(NC(C)=O)c(OC)c2)s1. The topological polar surface area (TPSA) is 80.3 Å². The summed E-state index contributed by atoms with van der Waals surface area (Å²) in [6.45, 7) is 3.41. The Hall–Kier alpha value is -2.41. The normalized spacial score (nSPS) is 10.1. The maximum absolute atomic E-state index is 12.2. The first kappa shape index (κ1) is 16.0. The highest BCUT2D eigenvalue weighted by atomic mass is 32.1. The lowest BCUT2D eigenvalue weighted by Crippen LogP contribution is -2.11. The van der Waals surface area contributed by atoms with Crippen LogP contribution >= 0.6 is 11.3 Å². The Balaban J connectivity index is 2.15. The first-order chi connectivity index (χ1) is 10.5. The van der Waals surface area contributed by atoms with Gasteiger partial charge in [-0.15, -0.1) is 11.3 Å². The average molecular weight is 319 g/mol.